The number of nitrogens with two attached hydrogens (primary N) is 1. The lowest BCUT2D eigenvalue weighted by Gasteiger charge is -2.40. The van der Waals surface area contributed by atoms with Crippen LogP contribution in [0.1, 0.15) is 31.0 Å². The smallest absolute Gasteiger partial charge is 0.121 e. The summed E-state index contributed by atoms with van der Waals surface area (Å²) in [7, 11) is 1.72. The van der Waals surface area contributed by atoms with Gasteiger partial charge in [-0.2, -0.15) is 0 Å². The third-order valence-corrected chi connectivity index (χ3v) is 4.55. The van der Waals surface area contributed by atoms with Gasteiger partial charge >= 0.3 is 0 Å². The van der Waals surface area contributed by atoms with Gasteiger partial charge in [-0.1, -0.05) is 12.1 Å². The van der Waals surface area contributed by atoms with Gasteiger partial charge in [-0.3, -0.25) is 9.80 Å². The average molecular weight is 291 g/mol. The van der Waals surface area contributed by atoms with Gasteiger partial charge in [-0.15, -0.1) is 0 Å². The Hall–Kier alpha value is -1.10. The summed E-state index contributed by atoms with van der Waals surface area (Å²) in [5.74, 6) is 0.944. The van der Waals surface area contributed by atoms with E-state index in [4.69, 9.17) is 10.5 Å². The number of aryl methyl sites for hydroxylation is 1. The van der Waals surface area contributed by atoms with Crippen molar-refractivity contribution in [3.05, 3.63) is 29.3 Å². The van der Waals surface area contributed by atoms with Gasteiger partial charge in [0.05, 0.1) is 7.11 Å². The molecule has 0 bridgehead atoms. The average Bonchev–Trinajstić information content (AvgIpc) is 2.49. The molecule has 2 N–H and O–H groups in total. The first kappa shape index (κ1) is 16.3. The number of nitrogens with zero attached hydrogens (tertiary/aromatic N) is 2. The lowest BCUT2D eigenvalue weighted by atomic mass is 10.0. The van der Waals surface area contributed by atoms with E-state index in [2.05, 4.69) is 48.8 Å². The third kappa shape index (κ3) is 3.76. The molecule has 1 aliphatic heterocycles. The molecule has 0 radical (unpaired) electrons. The second-order valence-electron chi connectivity index (χ2n) is 6.15. The molecule has 1 saturated heterocycles. The number of hydrogen-bond acceptors (Lipinski definition) is 4. The summed E-state index contributed by atoms with van der Waals surface area (Å²) in [5, 5.41) is 0. The maximum atomic E-state index is 6.06. The van der Waals surface area contributed by atoms with Crippen LogP contribution in [0.25, 0.3) is 0 Å². The van der Waals surface area contributed by atoms with Gasteiger partial charge in [-0.25, -0.2) is 0 Å². The number of hydrogen-bond donors (Lipinski definition) is 1. The maximum absolute atomic E-state index is 6.06. The van der Waals surface area contributed by atoms with E-state index in [-0.39, 0.29) is 0 Å². The van der Waals surface area contributed by atoms with Crippen LogP contribution in [-0.2, 0) is 0 Å². The lowest BCUT2D eigenvalue weighted by molar-refractivity contribution is 0.0802. The van der Waals surface area contributed by atoms with Crippen molar-refractivity contribution >= 4 is 0 Å². The van der Waals surface area contributed by atoms with Gasteiger partial charge in [0, 0.05) is 44.8 Å². The largest absolute Gasteiger partial charge is 0.496 e. The summed E-state index contributed by atoms with van der Waals surface area (Å²) >= 11 is 0. The van der Waals surface area contributed by atoms with Gasteiger partial charge in [-0.05, 0) is 38.0 Å². The van der Waals surface area contributed by atoms with Crippen molar-refractivity contribution in [2.75, 3.05) is 39.8 Å². The molecule has 118 valence electrons. The summed E-state index contributed by atoms with van der Waals surface area (Å²) in [6, 6.07) is 7.36. The van der Waals surface area contributed by atoms with Crippen LogP contribution in [0.3, 0.4) is 0 Å². The van der Waals surface area contributed by atoms with Crippen molar-refractivity contribution in [2.24, 2.45) is 5.73 Å². The molecule has 1 atom stereocenters. The summed E-state index contributed by atoms with van der Waals surface area (Å²) in [6.07, 6.45) is 0. The molecule has 0 aliphatic carbocycles. The molecule has 1 heterocycles. The van der Waals surface area contributed by atoms with Crippen LogP contribution in [-0.4, -0.2) is 55.7 Å². The molecule has 0 amide bonds. The molecule has 0 saturated carbocycles. The summed E-state index contributed by atoms with van der Waals surface area (Å²) in [6.45, 7) is 11.7. The zero-order chi connectivity index (χ0) is 15.4. The van der Waals surface area contributed by atoms with Gasteiger partial charge in [0.25, 0.3) is 0 Å². The summed E-state index contributed by atoms with van der Waals surface area (Å²) in [5.41, 5.74) is 8.54. The second kappa shape index (κ2) is 7.25. The first-order valence-electron chi connectivity index (χ1n) is 7.89. The Morgan fingerprint density at radius 1 is 1.14 bits per heavy atom. The highest BCUT2D eigenvalue weighted by atomic mass is 16.5. The van der Waals surface area contributed by atoms with E-state index >= 15 is 0 Å². The lowest BCUT2D eigenvalue weighted by Crippen LogP contribution is -2.50. The molecule has 0 aromatic heterocycles. The van der Waals surface area contributed by atoms with Gasteiger partial charge in [0.2, 0.25) is 0 Å². The van der Waals surface area contributed by atoms with Crippen LogP contribution in [0.15, 0.2) is 18.2 Å². The Balaban J connectivity index is 2.08. The predicted octanol–water partition coefficient (Wildman–Crippen LogP) is 2.03. The van der Waals surface area contributed by atoms with E-state index in [1.165, 1.54) is 11.1 Å². The molecule has 4 heteroatoms. The van der Waals surface area contributed by atoms with Crippen LogP contribution in [0.4, 0.5) is 0 Å². The topological polar surface area (TPSA) is 41.7 Å². The van der Waals surface area contributed by atoms with Crippen molar-refractivity contribution < 1.29 is 4.74 Å². The highest BCUT2D eigenvalue weighted by molar-refractivity contribution is 5.37. The molecule has 4 nitrogen and oxygen atoms in total. The first-order chi connectivity index (χ1) is 10.1. The van der Waals surface area contributed by atoms with Crippen molar-refractivity contribution in [3.63, 3.8) is 0 Å². The van der Waals surface area contributed by atoms with Gasteiger partial charge in [0.15, 0.2) is 0 Å². The fourth-order valence-corrected chi connectivity index (χ4v) is 3.17. The molecule has 0 spiro atoms. The Morgan fingerprint density at radius 2 is 1.76 bits per heavy atom. The predicted molar refractivity (Wildman–Crippen MR) is 87.8 cm³/mol. The highest BCUT2D eigenvalue weighted by Crippen LogP contribution is 2.26. The monoisotopic (exact) mass is 291 g/mol. The molecule has 1 aromatic rings. The van der Waals surface area contributed by atoms with Crippen LogP contribution in [0, 0.1) is 6.92 Å². The van der Waals surface area contributed by atoms with Gasteiger partial charge < -0.3 is 10.5 Å². The summed E-state index contributed by atoms with van der Waals surface area (Å²) < 4.78 is 5.35. The van der Waals surface area contributed by atoms with Crippen molar-refractivity contribution in [1.82, 2.24) is 9.80 Å². The van der Waals surface area contributed by atoms with E-state index in [0.717, 1.165) is 31.9 Å². The molecule has 1 fully saturated rings. The van der Waals surface area contributed by atoms with Crippen LogP contribution >= 0.6 is 0 Å². The van der Waals surface area contributed by atoms with E-state index < -0.39 is 0 Å². The standard InChI is InChI=1S/C17H29N3O/c1-13(2)19-7-9-20(10-8-19)16(12-18)15-5-6-17(21-4)14(3)11-15/h5-6,11,13,16H,7-10,12,18H2,1-4H3. The molecule has 1 aromatic carbocycles. The third-order valence-electron chi connectivity index (χ3n) is 4.55. The Labute approximate surface area is 128 Å². The van der Waals surface area contributed by atoms with E-state index in [9.17, 15) is 0 Å². The molecule has 21 heavy (non-hydrogen) atoms. The zero-order valence-electron chi connectivity index (χ0n) is 13.8. The van der Waals surface area contributed by atoms with Crippen molar-refractivity contribution in [3.8, 4) is 5.75 Å². The molecule has 1 unspecified atom stereocenters. The minimum atomic E-state index is 0.309. The minimum absolute atomic E-state index is 0.309. The minimum Gasteiger partial charge on any atom is -0.496 e. The molecular weight excluding hydrogens is 262 g/mol. The zero-order valence-corrected chi connectivity index (χ0v) is 13.8. The molecule has 2 rings (SSSR count). The van der Waals surface area contributed by atoms with Crippen LogP contribution in [0.2, 0.25) is 0 Å². The van der Waals surface area contributed by atoms with E-state index in [1.807, 2.05) is 0 Å². The Kier molecular flexibility index (Phi) is 5.62. The molecule has 1 aliphatic rings. The van der Waals surface area contributed by atoms with E-state index in [0.29, 0.717) is 18.6 Å². The number of rotatable bonds is 5. The quantitative estimate of drug-likeness (QED) is 0.901. The Morgan fingerprint density at radius 3 is 2.24 bits per heavy atom. The number of piperazine rings is 1. The van der Waals surface area contributed by atoms with Crippen molar-refractivity contribution in [1.29, 1.82) is 0 Å². The molecular formula is C17H29N3O. The SMILES string of the molecule is COc1ccc(C(CN)N2CCN(C(C)C)CC2)cc1C. The number of methoxy groups -OCH3 is 1. The highest BCUT2D eigenvalue weighted by Gasteiger charge is 2.25. The van der Waals surface area contributed by atoms with Crippen LogP contribution in [0.5, 0.6) is 5.75 Å². The normalized spacial score (nSPS) is 19.0. The summed E-state index contributed by atoms with van der Waals surface area (Å²) in [4.78, 5) is 5.05. The van der Waals surface area contributed by atoms with Gasteiger partial charge in [0.1, 0.15) is 5.75 Å². The second-order valence-corrected chi connectivity index (χ2v) is 6.15. The number of benzene rings is 1. The van der Waals surface area contributed by atoms with Crippen molar-refractivity contribution in [2.45, 2.75) is 32.9 Å². The first-order valence-corrected chi connectivity index (χ1v) is 7.89. The number of ether oxygens (including phenoxy) is 1. The fraction of sp³-hybridized carbons (Fsp3) is 0.647. The maximum Gasteiger partial charge on any atom is 0.121 e. The van der Waals surface area contributed by atoms with E-state index in [1.54, 1.807) is 7.11 Å². The fourth-order valence-electron chi connectivity index (χ4n) is 3.17. The van der Waals surface area contributed by atoms with Crippen LogP contribution < -0.4 is 10.5 Å². The Bertz CT molecular complexity index is 453.